The Morgan fingerprint density at radius 1 is 1.42 bits per heavy atom. The molecule has 2 heterocycles. The molecule has 1 saturated heterocycles. The Balaban J connectivity index is 1.93. The van der Waals surface area contributed by atoms with Crippen LogP contribution < -0.4 is 0 Å². The summed E-state index contributed by atoms with van der Waals surface area (Å²) in [6, 6.07) is 3.71. The molecule has 4 nitrogen and oxygen atoms in total. The largest absolute Gasteiger partial charge is 0.444 e. The zero-order valence-corrected chi connectivity index (χ0v) is 12.3. The van der Waals surface area contributed by atoms with Crippen molar-refractivity contribution in [2.45, 2.75) is 32.8 Å². The number of Topliss-reactive ketones (excluding diaryl/α,β-unsaturated/α-hetero) is 1. The van der Waals surface area contributed by atoms with Gasteiger partial charge < -0.3 is 9.64 Å². The molecular weight excluding hydrogens is 262 g/mol. The van der Waals surface area contributed by atoms with Crippen LogP contribution in [0.15, 0.2) is 17.5 Å². The second-order valence-electron chi connectivity index (χ2n) is 5.75. The summed E-state index contributed by atoms with van der Waals surface area (Å²) in [7, 11) is 0. The first kappa shape index (κ1) is 14.1. The summed E-state index contributed by atoms with van der Waals surface area (Å²) < 4.78 is 5.32. The van der Waals surface area contributed by atoms with Crippen LogP contribution in [0.3, 0.4) is 0 Å². The summed E-state index contributed by atoms with van der Waals surface area (Å²) >= 11 is 1.45. The van der Waals surface area contributed by atoms with Crippen molar-refractivity contribution in [1.29, 1.82) is 0 Å². The highest BCUT2D eigenvalue weighted by molar-refractivity contribution is 7.12. The molecule has 1 aromatic heterocycles. The fourth-order valence-corrected chi connectivity index (χ4v) is 2.83. The van der Waals surface area contributed by atoms with Gasteiger partial charge in [0.1, 0.15) is 5.60 Å². The van der Waals surface area contributed by atoms with Gasteiger partial charge in [-0.3, -0.25) is 4.79 Å². The lowest BCUT2D eigenvalue weighted by atomic mass is 10.0. The van der Waals surface area contributed by atoms with Crippen LogP contribution in [0.1, 0.15) is 36.9 Å². The van der Waals surface area contributed by atoms with Crippen molar-refractivity contribution >= 4 is 23.2 Å². The minimum atomic E-state index is -0.493. The number of ketones is 1. The van der Waals surface area contributed by atoms with Crippen LogP contribution >= 0.6 is 11.3 Å². The molecule has 0 saturated carbocycles. The van der Waals surface area contributed by atoms with E-state index < -0.39 is 5.60 Å². The molecule has 0 spiro atoms. The molecule has 1 amide bonds. The van der Waals surface area contributed by atoms with Crippen LogP contribution in [0.2, 0.25) is 0 Å². The standard InChI is InChI=1S/C14H19NO3S/c1-14(2,3)18-13(17)15-7-6-10(9-15)12(16)11-5-4-8-19-11/h4-5,8,10H,6-7,9H2,1-3H3. The van der Waals surface area contributed by atoms with Gasteiger partial charge in [-0.15, -0.1) is 11.3 Å². The molecule has 0 bridgehead atoms. The molecule has 0 N–H and O–H groups in total. The summed E-state index contributed by atoms with van der Waals surface area (Å²) in [5.41, 5.74) is -0.493. The molecule has 1 fully saturated rings. The summed E-state index contributed by atoms with van der Waals surface area (Å²) in [4.78, 5) is 26.5. The summed E-state index contributed by atoms with van der Waals surface area (Å²) in [5, 5.41) is 1.90. The van der Waals surface area contributed by atoms with Gasteiger partial charge >= 0.3 is 6.09 Å². The molecule has 1 atom stereocenters. The first-order chi connectivity index (χ1) is 8.87. The Bertz CT molecular complexity index is 462. The van der Waals surface area contributed by atoms with E-state index in [4.69, 9.17) is 4.74 Å². The number of likely N-dealkylation sites (tertiary alicyclic amines) is 1. The van der Waals surface area contributed by atoms with Crippen LogP contribution in [0, 0.1) is 5.92 Å². The maximum Gasteiger partial charge on any atom is 0.410 e. The van der Waals surface area contributed by atoms with E-state index in [2.05, 4.69) is 0 Å². The monoisotopic (exact) mass is 281 g/mol. The number of hydrogen-bond donors (Lipinski definition) is 0. The number of rotatable bonds is 2. The lowest BCUT2D eigenvalue weighted by Gasteiger charge is -2.24. The molecule has 1 unspecified atom stereocenters. The van der Waals surface area contributed by atoms with Crippen molar-refractivity contribution in [1.82, 2.24) is 4.90 Å². The van der Waals surface area contributed by atoms with E-state index in [1.165, 1.54) is 11.3 Å². The van der Waals surface area contributed by atoms with Gasteiger partial charge in [0, 0.05) is 19.0 Å². The molecule has 1 aliphatic rings. The van der Waals surface area contributed by atoms with Crippen molar-refractivity contribution in [3.8, 4) is 0 Å². The van der Waals surface area contributed by atoms with Crippen molar-refractivity contribution < 1.29 is 14.3 Å². The van der Waals surface area contributed by atoms with Gasteiger partial charge in [0.2, 0.25) is 0 Å². The number of amides is 1. The Kier molecular flexibility index (Phi) is 3.94. The summed E-state index contributed by atoms with van der Waals surface area (Å²) in [6.45, 7) is 6.59. The first-order valence-electron chi connectivity index (χ1n) is 6.42. The fraction of sp³-hybridized carbons (Fsp3) is 0.571. The molecule has 104 valence electrons. The van der Waals surface area contributed by atoms with Gasteiger partial charge in [0.05, 0.1) is 4.88 Å². The highest BCUT2D eigenvalue weighted by Gasteiger charge is 2.33. The number of nitrogens with zero attached hydrogens (tertiary/aromatic N) is 1. The predicted octanol–water partition coefficient (Wildman–Crippen LogP) is 3.19. The molecular formula is C14H19NO3S. The lowest BCUT2D eigenvalue weighted by molar-refractivity contribution is 0.0289. The second-order valence-corrected chi connectivity index (χ2v) is 6.70. The smallest absolute Gasteiger partial charge is 0.410 e. The molecule has 0 aromatic carbocycles. The fourth-order valence-electron chi connectivity index (χ4n) is 2.09. The SMILES string of the molecule is CC(C)(C)OC(=O)N1CCC(C(=O)c2cccs2)C1. The average Bonchev–Trinajstić information content (AvgIpc) is 2.98. The van der Waals surface area contributed by atoms with Gasteiger partial charge in [-0.2, -0.15) is 0 Å². The van der Waals surface area contributed by atoms with Gasteiger partial charge in [0.25, 0.3) is 0 Å². The number of carbonyl (C=O) groups excluding carboxylic acids is 2. The minimum Gasteiger partial charge on any atom is -0.444 e. The maximum absolute atomic E-state index is 12.2. The third kappa shape index (κ3) is 3.56. The quantitative estimate of drug-likeness (QED) is 0.782. The van der Waals surface area contributed by atoms with Crippen LogP contribution in [0.4, 0.5) is 4.79 Å². The van der Waals surface area contributed by atoms with E-state index in [-0.39, 0.29) is 17.8 Å². The minimum absolute atomic E-state index is 0.0915. The number of thiophene rings is 1. The van der Waals surface area contributed by atoms with E-state index >= 15 is 0 Å². The van der Waals surface area contributed by atoms with E-state index in [0.29, 0.717) is 13.1 Å². The number of ether oxygens (including phenoxy) is 1. The molecule has 19 heavy (non-hydrogen) atoms. The Hall–Kier alpha value is -1.36. The topological polar surface area (TPSA) is 46.6 Å². The second kappa shape index (κ2) is 5.33. The zero-order chi connectivity index (χ0) is 14.0. The highest BCUT2D eigenvalue weighted by Crippen LogP contribution is 2.24. The lowest BCUT2D eigenvalue weighted by Crippen LogP contribution is -2.35. The molecule has 0 aliphatic carbocycles. The van der Waals surface area contributed by atoms with Crippen molar-refractivity contribution in [3.05, 3.63) is 22.4 Å². The molecule has 1 aromatic rings. The Morgan fingerprint density at radius 2 is 2.16 bits per heavy atom. The first-order valence-corrected chi connectivity index (χ1v) is 7.30. The normalized spacial score (nSPS) is 19.5. The van der Waals surface area contributed by atoms with Crippen molar-refractivity contribution in [2.75, 3.05) is 13.1 Å². The third-order valence-corrected chi connectivity index (χ3v) is 3.86. The summed E-state index contributed by atoms with van der Waals surface area (Å²) in [5.74, 6) is 0.0484. The van der Waals surface area contributed by atoms with Crippen molar-refractivity contribution in [2.24, 2.45) is 5.92 Å². The molecule has 0 radical (unpaired) electrons. The summed E-state index contributed by atoms with van der Waals surface area (Å²) in [6.07, 6.45) is 0.393. The van der Waals surface area contributed by atoms with Gasteiger partial charge in [0.15, 0.2) is 5.78 Å². The molecule has 5 heteroatoms. The highest BCUT2D eigenvalue weighted by atomic mass is 32.1. The van der Waals surface area contributed by atoms with Gasteiger partial charge in [-0.1, -0.05) is 6.07 Å². The van der Waals surface area contributed by atoms with Crippen LogP contribution in [0.25, 0.3) is 0 Å². The van der Waals surface area contributed by atoms with Crippen LogP contribution in [-0.2, 0) is 4.74 Å². The Morgan fingerprint density at radius 3 is 2.74 bits per heavy atom. The Labute approximate surface area is 117 Å². The van der Waals surface area contributed by atoms with E-state index in [9.17, 15) is 9.59 Å². The van der Waals surface area contributed by atoms with E-state index in [1.807, 2.05) is 38.3 Å². The molecule has 1 aliphatic heterocycles. The van der Waals surface area contributed by atoms with Crippen LogP contribution in [-0.4, -0.2) is 35.5 Å². The van der Waals surface area contributed by atoms with E-state index in [0.717, 1.165) is 11.3 Å². The van der Waals surface area contributed by atoms with Gasteiger partial charge in [-0.05, 0) is 38.6 Å². The van der Waals surface area contributed by atoms with Crippen LogP contribution in [0.5, 0.6) is 0 Å². The van der Waals surface area contributed by atoms with E-state index in [1.54, 1.807) is 4.90 Å². The number of carbonyl (C=O) groups is 2. The predicted molar refractivity (Wildman–Crippen MR) is 74.6 cm³/mol. The van der Waals surface area contributed by atoms with Crippen molar-refractivity contribution in [3.63, 3.8) is 0 Å². The average molecular weight is 281 g/mol. The third-order valence-electron chi connectivity index (χ3n) is 2.97. The maximum atomic E-state index is 12.2. The zero-order valence-electron chi connectivity index (χ0n) is 11.5. The van der Waals surface area contributed by atoms with Gasteiger partial charge in [-0.25, -0.2) is 4.79 Å². The number of hydrogen-bond acceptors (Lipinski definition) is 4. The molecule has 2 rings (SSSR count).